The highest BCUT2D eigenvalue weighted by Crippen LogP contribution is 2.28. The highest BCUT2D eigenvalue weighted by molar-refractivity contribution is 7.89. The molecule has 1 aromatic carbocycles. The summed E-state index contributed by atoms with van der Waals surface area (Å²) in [6.45, 7) is 5.30. The van der Waals surface area contributed by atoms with Gasteiger partial charge in [0.05, 0.1) is 0 Å². The molecule has 1 heterocycles. The van der Waals surface area contributed by atoms with E-state index < -0.39 is 15.8 Å². The molecule has 0 saturated carbocycles. The molecule has 0 radical (unpaired) electrons. The number of hydrogen-bond acceptors (Lipinski definition) is 4. The standard InChI is InChI=1S/C16H23FN2O4S/c1-11(2)10-23-7-3-6-18-24(21,22)15-8-12-4-5-16(20)19-14(12)9-13(15)17/h8-9,11,18H,3-7,10H2,1-2H3,(H,19,20). The van der Waals surface area contributed by atoms with E-state index in [9.17, 15) is 17.6 Å². The van der Waals surface area contributed by atoms with Crippen molar-refractivity contribution in [1.29, 1.82) is 0 Å². The normalized spacial score (nSPS) is 14.6. The predicted molar refractivity (Wildman–Crippen MR) is 88.8 cm³/mol. The van der Waals surface area contributed by atoms with Crippen LogP contribution in [0.1, 0.15) is 32.3 Å². The molecule has 1 amide bonds. The Balaban J connectivity index is 1.98. The van der Waals surface area contributed by atoms with Crippen molar-refractivity contribution >= 4 is 21.6 Å². The largest absolute Gasteiger partial charge is 0.381 e. The van der Waals surface area contributed by atoms with E-state index in [0.717, 1.165) is 6.07 Å². The average molecular weight is 358 g/mol. The Hall–Kier alpha value is -1.51. The zero-order valence-corrected chi connectivity index (χ0v) is 14.7. The van der Waals surface area contributed by atoms with E-state index in [1.807, 2.05) is 13.8 Å². The fourth-order valence-corrected chi connectivity index (χ4v) is 3.54. The molecule has 1 aromatic rings. The van der Waals surface area contributed by atoms with Crippen molar-refractivity contribution in [1.82, 2.24) is 4.72 Å². The van der Waals surface area contributed by atoms with Crippen LogP contribution in [-0.2, 0) is 26.0 Å². The van der Waals surface area contributed by atoms with Crippen molar-refractivity contribution in [3.8, 4) is 0 Å². The quantitative estimate of drug-likeness (QED) is 0.697. The topological polar surface area (TPSA) is 84.5 Å². The Labute approximate surface area is 141 Å². The molecule has 2 rings (SSSR count). The molecule has 6 nitrogen and oxygen atoms in total. The van der Waals surface area contributed by atoms with Crippen LogP contribution in [0.15, 0.2) is 17.0 Å². The lowest BCUT2D eigenvalue weighted by Crippen LogP contribution is -2.27. The Morgan fingerprint density at radius 2 is 2.08 bits per heavy atom. The van der Waals surface area contributed by atoms with Gasteiger partial charge in [0.2, 0.25) is 15.9 Å². The van der Waals surface area contributed by atoms with Gasteiger partial charge in [-0.1, -0.05) is 13.8 Å². The first kappa shape index (κ1) is 18.8. The van der Waals surface area contributed by atoms with Gasteiger partial charge in [0.1, 0.15) is 10.7 Å². The predicted octanol–water partition coefficient (Wildman–Crippen LogP) is 2.05. The second kappa shape index (κ2) is 8.04. The Kier molecular flexibility index (Phi) is 6.31. The van der Waals surface area contributed by atoms with Gasteiger partial charge in [0, 0.05) is 31.9 Å². The van der Waals surface area contributed by atoms with Crippen molar-refractivity contribution in [2.45, 2.75) is 38.0 Å². The van der Waals surface area contributed by atoms with Crippen LogP contribution in [0.5, 0.6) is 0 Å². The van der Waals surface area contributed by atoms with Gasteiger partial charge in [-0.15, -0.1) is 0 Å². The third kappa shape index (κ3) is 4.99. The number of amides is 1. The molecule has 0 bridgehead atoms. The summed E-state index contributed by atoms with van der Waals surface area (Å²) in [7, 11) is -3.93. The molecule has 0 aliphatic carbocycles. The van der Waals surface area contributed by atoms with Gasteiger partial charge in [-0.05, 0) is 36.5 Å². The summed E-state index contributed by atoms with van der Waals surface area (Å²) in [5.74, 6) is -0.650. The minimum absolute atomic E-state index is 0.174. The van der Waals surface area contributed by atoms with E-state index in [0.29, 0.717) is 43.2 Å². The molecule has 2 N–H and O–H groups in total. The molecular weight excluding hydrogens is 335 g/mol. The van der Waals surface area contributed by atoms with Gasteiger partial charge in [-0.3, -0.25) is 4.79 Å². The molecule has 1 aliphatic rings. The average Bonchev–Trinajstić information content (AvgIpc) is 2.49. The number of nitrogens with one attached hydrogen (secondary N) is 2. The highest BCUT2D eigenvalue weighted by Gasteiger charge is 2.24. The van der Waals surface area contributed by atoms with Crippen molar-refractivity contribution in [3.63, 3.8) is 0 Å². The number of halogens is 1. The molecule has 0 unspecified atom stereocenters. The lowest BCUT2D eigenvalue weighted by atomic mass is 10.0. The van der Waals surface area contributed by atoms with Gasteiger partial charge in [-0.2, -0.15) is 0 Å². The number of aryl methyl sites for hydroxylation is 1. The second-order valence-corrected chi connectivity index (χ2v) is 7.94. The monoisotopic (exact) mass is 358 g/mol. The van der Waals surface area contributed by atoms with Gasteiger partial charge in [0.25, 0.3) is 0 Å². The van der Waals surface area contributed by atoms with Crippen LogP contribution in [0.3, 0.4) is 0 Å². The van der Waals surface area contributed by atoms with Crippen molar-refractivity contribution in [2.75, 3.05) is 25.1 Å². The fourth-order valence-electron chi connectivity index (χ4n) is 2.36. The van der Waals surface area contributed by atoms with Crippen LogP contribution < -0.4 is 10.0 Å². The van der Waals surface area contributed by atoms with Crippen LogP contribution >= 0.6 is 0 Å². The smallest absolute Gasteiger partial charge is 0.243 e. The van der Waals surface area contributed by atoms with E-state index in [1.54, 1.807) is 0 Å². The summed E-state index contributed by atoms with van der Waals surface area (Å²) in [6, 6.07) is 2.36. The number of carbonyl (C=O) groups excluding carboxylic acids is 1. The minimum Gasteiger partial charge on any atom is -0.381 e. The Bertz CT molecular complexity index is 704. The highest BCUT2D eigenvalue weighted by atomic mass is 32.2. The van der Waals surface area contributed by atoms with E-state index in [4.69, 9.17) is 4.74 Å². The molecule has 1 aliphatic heterocycles. The molecule has 0 atom stereocenters. The third-order valence-electron chi connectivity index (χ3n) is 3.55. The van der Waals surface area contributed by atoms with Crippen LogP contribution in [0.2, 0.25) is 0 Å². The van der Waals surface area contributed by atoms with E-state index in [1.165, 1.54) is 6.07 Å². The zero-order chi connectivity index (χ0) is 17.7. The van der Waals surface area contributed by atoms with E-state index in [-0.39, 0.29) is 23.8 Å². The number of sulfonamides is 1. The van der Waals surface area contributed by atoms with Crippen molar-refractivity contribution < 1.29 is 22.3 Å². The van der Waals surface area contributed by atoms with Crippen LogP contribution in [0.25, 0.3) is 0 Å². The lowest BCUT2D eigenvalue weighted by Gasteiger charge is -2.18. The maximum Gasteiger partial charge on any atom is 0.243 e. The van der Waals surface area contributed by atoms with Crippen LogP contribution in [0.4, 0.5) is 10.1 Å². The molecule has 0 fully saturated rings. The maximum atomic E-state index is 14.1. The third-order valence-corrected chi connectivity index (χ3v) is 5.03. The number of benzene rings is 1. The maximum absolute atomic E-state index is 14.1. The molecule has 0 aromatic heterocycles. The second-order valence-electron chi connectivity index (χ2n) is 6.21. The number of hydrogen-bond donors (Lipinski definition) is 2. The van der Waals surface area contributed by atoms with Gasteiger partial charge < -0.3 is 10.1 Å². The van der Waals surface area contributed by atoms with Crippen molar-refractivity contribution in [2.24, 2.45) is 5.92 Å². The molecular formula is C16H23FN2O4S. The lowest BCUT2D eigenvalue weighted by molar-refractivity contribution is -0.116. The Morgan fingerprint density at radius 3 is 2.79 bits per heavy atom. The fraction of sp³-hybridized carbons (Fsp3) is 0.562. The Morgan fingerprint density at radius 1 is 1.33 bits per heavy atom. The first-order chi connectivity index (χ1) is 11.3. The van der Waals surface area contributed by atoms with Gasteiger partial charge >= 0.3 is 0 Å². The summed E-state index contributed by atoms with van der Waals surface area (Å²) in [5.41, 5.74) is 0.960. The van der Waals surface area contributed by atoms with Crippen molar-refractivity contribution in [3.05, 3.63) is 23.5 Å². The molecule has 0 saturated heterocycles. The number of anilines is 1. The van der Waals surface area contributed by atoms with Gasteiger partial charge in [0.15, 0.2) is 0 Å². The first-order valence-corrected chi connectivity index (χ1v) is 9.47. The summed E-state index contributed by atoms with van der Waals surface area (Å²) in [5, 5.41) is 2.54. The number of ether oxygens (including phenoxy) is 1. The first-order valence-electron chi connectivity index (χ1n) is 7.99. The summed E-state index contributed by atoms with van der Waals surface area (Å²) < 4.78 is 46.4. The number of carbonyl (C=O) groups is 1. The van der Waals surface area contributed by atoms with Gasteiger partial charge in [-0.25, -0.2) is 17.5 Å². The molecule has 134 valence electrons. The molecule has 8 heteroatoms. The van der Waals surface area contributed by atoms with E-state index in [2.05, 4.69) is 10.0 Å². The van der Waals surface area contributed by atoms with Crippen LogP contribution in [-0.4, -0.2) is 34.1 Å². The summed E-state index contributed by atoms with van der Waals surface area (Å²) >= 11 is 0. The number of rotatable bonds is 8. The zero-order valence-electron chi connectivity index (χ0n) is 13.9. The SMILES string of the molecule is CC(C)COCCCNS(=O)(=O)c1cc2c(cc1F)NC(=O)CC2. The number of fused-ring (bicyclic) bond motifs is 1. The summed E-state index contributed by atoms with van der Waals surface area (Å²) in [4.78, 5) is 10.9. The molecule has 24 heavy (non-hydrogen) atoms. The molecule has 0 spiro atoms. The van der Waals surface area contributed by atoms with E-state index >= 15 is 0 Å². The van der Waals surface area contributed by atoms with Crippen LogP contribution in [0, 0.1) is 11.7 Å². The minimum atomic E-state index is -3.93. The summed E-state index contributed by atoms with van der Waals surface area (Å²) in [6.07, 6.45) is 1.17.